The number of sulfonamides is 1. The molecule has 4 aromatic rings. The lowest BCUT2D eigenvalue weighted by Gasteiger charge is -2.33. The van der Waals surface area contributed by atoms with Crippen molar-refractivity contribution >= 4 is 44.3 Å². The van der Waals surface area contributed by atoms with Crippen LogP contribution in [0.5, 0.6) is 0 Å². The van der Waals surface area contributed by atoms with Crippen molar-refractivity contribution in [2.75, 3.05) is 49.6 Å². The molecule has 2 unspecified atom stereocenters. The van der Waals surface area contributed by atoms with Crippen LogP contribution in [0.15, 0.2) is 65.8 Å². The highest BCUT2D eigenvalue weighted by Gasteiger charge is 2.30. The molecule has 2 saturated heterocycles. The van der Waals surface area contributed by atoms with E-state index in [0.717, 1.165) is 42.4 Å². The average Bonchev–Trinajstić information content (AvgIpc) is 3.42. The molecule has 3 aliphatic heterocycles. The van der Waals surface area contributed by atoms with Crippen LogP contribution in [0, 0.1) is 6.92 Å². The number of nitrogens with one attached hydrogen (secondary N) is 2. The minimum absolute atomic E-state index is 0.0914. The van der Waals surface area contributed by atoms with Gasteiger partial charge in [0, 0.05) is 52.2 Å². The van der Waals surface area contributed by atoms with Crippen molar-refractivity contribution < 1.29 is 11.2 Å². The van der Waals surface area contributed by atoms with E-state index in [9.17, 15) is 8.42 Å². The first-order valence-electron chi connectivity index (χ1n) is 17.3. The molecule has 0 spiro atoms. The molecule has 5 heterocycles. The molecular formula is C34H42ClN9O2S. The Labute approximate surface area is 284 Å². The van der Waals surface area contributed by atoms with Crippen molar-refractivity contribution in [3.8, 4) is 0 Å². The van der Waals surface area contributed by atoms with Crippen LogP contribution in [-0.4, -0.2) is 82.8 Å². The second kappa shape index (κ2) is 13.5. The zero-order valence-electron chi connectivity index (χ0n) is 28.7. The number of piperidine rings is 2. The van der Waals surface area contributed by atoms with Crippen LogP contribution in [-0.2, 0) is 23.6 Å². The van der Waals surface area contributed by atoms with Crippen molar-refractivity contribution in [1.82, 2.24) is 34.3 Å². The highest BCUT2D eigenvalue weighted by Crippen LogP contribution is 2.34. The van der Waals surface area contributed by atoms with Crippen molar-refractivity contribution in [1.29, 1.82) is 0 Å². The number of aryl methyl sites for hydroxylation is 2. The normalized spacial score (nSPS) is 22.8. The van der Waals surface area contributed by atoms with Gasteiger partial charge in [-0.1, -0.05) is 35.9 Å². The second-order valence-corrected chi connectivity index (χ2v) is 14.9. The number of aromatic nitrogens is 4. The maximum atomic E-state index is 13.6. The largest absolute Gasteiger partial charge is 0.351 e. The van der Waals surface area contributed by atoms with Crippen molar-refractivity contribution in [3.05, 3.63) is 82.8 Å². The predicted octanol–water partition coefficient (Wildman–Crippen LogP) is 4.85. The molecular weight excluding hydrogens is 634 g/mol. The van der Waals surface area contributed by atoms with E-state index in [1.54, 1.807) is 33.7 Å². The quantitative estimate of drug-likeness (QED) is 0.270. The zero-order chi connectivity index (χ0) is 34.3. The van der Waals surface area contributed by atoms with Crippen LogP contribution in [0.1, 0.15) is 51.2 Å². The molecule has 13 heteroatoms. The van der Waals surface area contributed by atoms with Gasteiger partial charge in [0.1, 0.15) is 0 Å². The van der Waals surface area contributed by atoms with E-state index in [1.165, 1.54) is 5.56 Å². The third-order valence-electron chi connectivity index (χ3n) is 9.46. The Hall–Kier alpha value is -3.55. The molecule has 2 aromatic carbocycles. The van der Waals surface area contributed by atoms with E-state index in [0.29, 0.717) is 65.8 Å². The van der Waals surface area contributed by atoms with E-state index in [4.69, 9.17) is 19.4 Å². The molecule has 2 aromatic heterocycles. The van der Waals surface area contributed by atoms with Gasteiger partial charge in [-0.15, -0.1) is 0 Å². The third kappa shape index (κ3) is 6.88. The van der Waals surface area contributed by atoms with Gasteiger partial charge in [-0.25, -0.2) is 18.4 Å². The number of anilines is 2. The van der Waals surface area contributed by atoms with E-state index in [2.05, 4.69) is 43.7 Å². The standard InChI is InChI=1S/C34H42ClN9O2S/c1-24-31(35)21-37-34(38-24)39-28-11-17-44(18-12-28)47(45,46)29-6-3-5-25(19-29)22-42-15-9-26(10-16-42)27-7-8-30-32(20-27)41(2)40-33(30)43-14-4-13-36-23-43/h3-8,14,19-21,26,28,36H,9-13,15-18,22-23H2,1-2H3,(H,37,38,39)/i13D,23D. The van der Waals surface area contributed by atoms with Gasteiger partial charge in [-0.3, -0.25) is 14.9 Å². The summed E-state index contributed by atoms with van der Waals surface area (Å²) in [4.78, 5) is 13.1. The molecule has 2 N–H and O–H groups in total. The molecule has 11 nitrogen and oxygen atoms in total. The highest BCUT2D eigenvalue weighted by atomic mass is 35.5. The van der Waals surface area contributed by atoms with Crippen molar-refractivity contribution in [2.45, 2.75) is 56.0 Å². The summed E-state index contributed by atoms with van der Waals surface area (Å²) >= 11 is 6.05. The van der Waals surface area contributed by atoms with Crippen LogP contribution in [0.3, 0.4) is 0 Å². The van der Waals surface area contributed by atoms with Gasteiger partial charge in [-0.05, 0) is 87.0 Å². The van der Waals surface area contributed by atoms with Gasteiger partial charge in [0.2, 0.25) is 16.0 Å². The fourth-order valence-corrected chi connectivity index (χ4v) is 8.40. The van der Waals surface area contributed by atoms with Crippen LogP contribution in [0.25, 0.3) is 10.9 Å². The van der Waals surface area contributed by atoms with E-state index >= 15 is 0 Å². The van der Waals surface area contributed by atoms with Gasteiger partial charge in [0.15, 0.2) is 5.82 Å². The first-order valence-corrected chi connectivity index (χ1v) is 18.0. The molecule has 0 saturated carbocycles. The maximum Gasteiger partial charge on any atom is 0.243 e. The topological polar surface area (TPSA) is 112 Å². The third-order valence-corrected chi connectivity index (χ3v) is 11.7. The summed E-state index contributed by atoms with van der Waals surface area (Å²) in [6, 6.07) is 14.0. The van der Waals surface area contributed by atoms with Crippen LogP contribution in [0.4, 0.5) is 11.8 Å². The summed E-state index contributed by atoms with van der Waals surface area (Å²) in [5, 5.41) is 12.4. The molecule has 2 atom stereocenters. The smallest absolute Gasteiger partial charge is 0.243 e. The first kappa shape index (κ1) is 29.6. The van der Waals surface area contributed by atoms with Crippen molar-refractivity contribution in [3.63, 3.8) is 0 Å². The number of hydrogen-bond acceptors (Lipinski definition) is 9. The summed E-state index contributed by atoms with van der Waals surface area (Å²) in [7, 11) is -1.68. The number of benzene rings is 2. The SMILES string of the molecule is [2H]C1C=CN(c2nn(C)c3cc(C4CCN(Cc5cccc(S(=O)(=O)N6CCC(Nc7ncc(Cl)c(C)n7)CC6)c5)CC4)ccc23)C([2H])N1. The lowest BCUT2D eigenvalue weighted by Crippen LogP contribution is -2.42. The Balaban J connectivity index is 0.946. The molecule has 7 rings (SSSR count). The number of likely N-dealkylation sites (tertiary alicyclic amines) is 1. The Bertz CT molecular complexity index is 1960. The lowest BCUT2D eigenvalue weighted by molar-refractivity contribution is 0.204. The highest BCUT2D eigenvalue weighted by molar-refractivity contribution is 7.89. The second-order valence-electron chi connectivity index (χ2n) is 12.6. The molecule has 0 bridgehead atoms. The number of halogens is 1. The molecule has 47 heavy (non-hydrogen) atoms. The summed E-state index contributed by atoms with van der Waals surface area (Å²) in [5.74, 6) is 1.64. The Kier molecular flexibility index (Phi) is 8.51. The van der Waals surface area contributed by atoms with E-state index < -0.39 is 23.2 Å². The molecule has 248 valence electrons. The van der Waals surface area contributed by atoms with E-state index in [-0.39, 0.29) is 6.04 Å². The Morgan fingerprint density at radius 1 is 1.09 bits per heavy atom. The number of fused-ring (bicyclic) bond motifs is 1. The maximum absolute atomic E-state index is 13.6. The Morgan fingerprint density at radius 3 is 2.66 bits per heavy atom. The van der Waals surface area contributed by atoms with Crippen LogP contribution in [0.2, 0.25) is 5.02 Å². The molecule has 0 aliphatic carbocycles. The summed E-state index contributed by atoms with van der Waals surface area (Å²) < 4.78 is 46.9. The summed E-state index contributed by atoms with van der Waals surface area (Å²) in [6.45, 7) is 3.88. The molecule has 2 fully saturated rings. The Morgan fingerprint density at radius 2 is 1.89 bits per heavy atom. The average molecular weight is 678 g/mol. The number of hydrogen-bond donors (Lipinski definition) is 2. The van der Waals surface area contributed by atoms with Crippen molar-refractivity contribution in [2.24, 2.45) is 7.05 Å². The minimum atomic E-state index is -3.61. The number of nitrogens with zero attached hydrogens (tertiary/aromatic N) is 7. The monoisotopic (exact) mass is 677 g/mol. The molecule has 0 radical (unpaired) electrons. The summed E-state index contributed by atoms with van der Waals surface area (Å²) in [6.07, 6.45) is 8.42. The summed E-state index contributed by atoms with van der Waals surface area (Å²) in [5.41, 5.74) is 4.01. The van der Waals surface area contributed by atoms with Crippen LogP contribution < -0.4 is 15.5 Å². The van der Waals surface area contributed by atoms with Gasteiger partial charge in [0.25, 0.3) is 0 Å². The van der Waals surface area contributed by atoms with E-state index in [1.807, 2.05) is 36.9 Å². The lowest BCUT2D eigenvalue weighted by atomic mass is 9.89. The zero-order valence-corrected chi connectivity index (χ0v) is 28.3. The van der Waals surface area contributed by atoms with Gasteiger partial charge in [-0.2, -0.15) is 9.40 Å². The predicted molar refractivity (Wildman–Crippen MR) is 186 cm³/mol. The van der Waals surface area contributed by atoms with Gasteiger partial charge >= 0.3 is 0 Å². The van der Waals surface area contributed by atoms with Crippen LogP contribution >= 0.6 is 11.6 Å². The molecule has 3 aliphatic rings. The minimum Gasteiger partial charge on any atom is -0.351 e. The van der Waals surface area contributed by atoms with Gasteiger partial charge in [0.05, 0.1) is 35.3 Å². The molecule has 0 amide bonds. The fourth-order valence-electron chi connectivity index (χ4n) is 6.77. The first-order chi connectivity index (χ1) is 23.5. The van der Waals surface area contributed by atoms with Gasteiger partial charge < -0.3 is 10.2 Å². The number of rotatable bonds is 8. The fraction of sp³-hybridized carbons (Fsp3) is 0.441.